The van der Waals surface area contributed by atoms with Crippen molar-refractivity contribution in [1.29, 1.82) is 0 Å². The Morgan fingerprint density at radius 3 is 2.76 bits per heavy atom. The number of fused-ring (bicyclic) bond motifs is 1. The number of hydrogen-bond acceptors (Lipinski definition) is 3. The summed E-state index contributed by atoms with van der Waals surface area (Å²) in [6, 6.07) is 5.09. The first-order chi connectivity index (χ1) is 9.95. The molecule has 1 aromatic carbocycles. The molecule has 2 heterocycles. The van der Waals surface area contributed by atoms with E-state index in [2.05, 4.69) is 4.98 Å². The molecule has 0 saturated heterocycles. The first-order valence-electron chi connectivity index (χ1n) is 6.12. The highest BCUT2D eigenvalue weighted by molar-refractivity contribution is 6.35. The van der Waals surface area contributed by atoms with Gasteiger partial charge in [0.05, 0.1) is 6.54 Å². The Balaban J connectivity index is 2.15. The molecule has 108 valence electrons. The third kappa shape index (κ3) is 2.50. The number of rotatable bonds is 2. The number of nitrogens with one attached hydrogen (secondary N) is 1. The molecule has 2 aromatic heterocycles. The quantitative estimate of drug-likeness (QED) is 0.788. The van der Waals surface area contributed by atoms with Crippen molar-refractivity contribution in [3.05, 3.63) is 66.5 Å². The molecule has 1 N–H and O–H groups in total. The molecule has 0 atom stereocenters. The fourth-order valence-corrected chi connectivity index (χ4v) is 2.67. The molecule has 0 amide bonds. The topological polar surface area (TPSA) is 68.0 Å². The van der Waals surface area contributed by atoms with Crippen LogP contribution in [0.3, 0.4) is 0 Å². The lowest BCUT2D eigenvalue weighted by Crippen LogP contribution is -2.21. The predicted molar refractivity (Wildman–Crippen MR) is 81.4 cm³/mol. The number of halogens is 2. The smallest absolute Gasteiger partial charge is 0.407 e. The number of H-pyrrole nitrogens is 1. The fourth-order valence-electron chi connectivity index (χ4n) is 2.20. The standard InChI is InChI=1S/C14H10Cl2N2O3/c1-7-5-18(6-8-2-3-9(15)4-10(8)16)13(19)11-12(7)21-14(20)17-11/h2-5H,6H2,1H3,(H,17,20). The monoisotopic (exact) mass is 324 g/mol. The van der Waals surface area contributed by atoms with Crippen LogP contribution < -0.4 is 11.3 Å². The number of aromatic amines is 1. The molecule has 21 heavy (non-hydrogen) atoms. The average Bonchev–Trinajstić information content (AvgIpc) is 2.81. The number of aromatic nitrogens is 2. The second kappa shape index (κ2) is 5.09. The van der Waals surface area contributed by atoms with Crippen molar-refractivity contribution in [3.63, 3.8) is 0 Å². The maximum atomic E-state index is 12.3. The number of oxazole rings is 1. The first-order valence-corrected chi connectivity index (χ1v) is 6.88. The van der Waals surface area contributed by atoms with Gasteiger partial charge in [0.15, 0.2) is 11.1 Å². The predicted octanol–water partition coefficient (Wildman–Crippen LogP) is 2.95. The van der Waals surface area contributed by atoms with Gasteiger partial charge in [0.1, 0.15) is 0 Å². The van der Waals surface area contributed by atoms with Gasteiger partial charge in [-0.2, -0.15) is 0 Å². The number of aryl methyl sites for hydroxylation is 1. The molecule has 0 bridgehead atoms. The van der Waals surface area contributed by atoms with Gasteiger partial charge in [-0.15, -0.1) is 0 Å². The highest BCUT2D eigenvalue weighted by Crippen LogP contribution is 2.22. The van der Waals surface area contributed by atoms with Crippen molar-refractivity contribution in [2.24, 2.45) is 0 Å². The van der Waals surface area contributed by atoms with Crippen molar-refractivity contribution < 1.29 is 4.42 Å². The third-order valence-corrected chi connectivity index (χ3v) is 3.77. The Hall–Kier alpha value is -1.98. The third-order valence-electron chi connectivity index (χ3n) is 3.19. The molecular formula is C14H10Cl2N2O3. The second-order valence-corrected chi connectivity index (χ2v) is 5.54. The molecular weight excluding hydrogens is 315 g/mol. The maximum absolute atomic E-state index is 12.3. The zero-order chi connectivity index (χ0) is 15.1. The maximum Gasteiger partial charge on any atom is 0.417 e. The normalized spacial score (nSPS) is 11.2. The summed E-state index contributed by atoms with van der Waals surface area (Å²) in [4.78, 5) is 26.0. The van der Waals surface area contributed by atoms with E-state index in [1.807, 2.05) is 0 Å². The molecule has 7 heteroatoms. The minimum absolute atomic E-state index is 0.157. The van der Waals surface area contributed by atoms with Crippen molar-refractivity contribution in [2.75, 3.05) is 0 Å². The second-order valence-electron chi connectivity index (χ2n) is 4.70. The van der Waals surface area contributed by atoms with Gasteiger partial charge in [-0.05, 0) is 24.6 Å². The van der Waals surface area contributed by atoms with E-state index < -0.39 is 5.76 Å². The van der Waals surface area contributed by atoms with E-state index in [1.165, 1.54) is 4.57 Å². The number of benzene rings is 1. The van der Waals surface area contributed by atoms with Crippen LogP contribution in [0.15, 0.2) is 38.4 Å². The van der Waals surface area contributed by atoms with Crippen LogP contribution >= 0.6 is 23.2 Å². The van der Waals surface area contributed by atoms with Crippen LogP contribution in [-0.4, -0.2) is 9.55 Å². The van der Waals surface area contributed by atoms with Crippen LogP contribution in [0.4, 0.5) is 0 Å². The average molecular weight is 325 g/mol. The SMILES string of the molecule is Cc1cn(Cc2ccc(Cl)cc2Cl)c(=O)c2[nH]c(=O)oc12. The van der Waals surface area contributed by atoms with Crippen molar-refractivity contribution in [3.8, 4) is 0 Å². The van der Waals surface area contributed by atoms with E-state index in [0.717, 1.165) is 5.56 Å². The van der Waals surface area contributed by atoms with Crippen LogP contribution in [-0.2, 0) is 6.54 Å². The largest absolute Gasteiger partial charge is 0.417 e. The van der Waals surface area contributed by atoms with Crippen LogP contribution in [0.1, 0.15) is 11.1 Å². The lowest BCUT2D eigenvalue weighted by molar-refractivity contribution is 0.552. The molecule has 0 unspecified atom stereocenters. The van der Waals surface area contributed by atoms with Gasteiger partial charge in [0, 0.05) is 21.8 Å². The Morgan fingerprint density at radius 2 is 2.05 bits per heavy atom. The van der Waals surface area contributed by atoms with E-state index in [-0.39, 0.29) is 23.2 Å². The summed E-state index contributed by atoms with van der Waals surface area (Å²) < 4.78 is 6.43. The number of hydrogen-bond donors (Lipinski definition) is 1. The van der Waals surface area contributed by atoms with Crippen LogP contribution in [0.25, 0.3) is 11.1 Å². The summed E-state index contributed by atoms with van der Waals surface area (Å²) in [5, 5.41) is 1.01. The zero-order valence-electron chi connectivity index (χ0n) is 10.9. The van der Waals surface area contributed by atoms with Crippen LogP contribution in [0, 0.1) is 6.92 Å². The first kappa shape index (κ1) is 14.0. The molecule has 0 aliphatic rings. The highest BCUT2D eigenvalue weighted by Gasteiger charge is 2.12. The molecule has 0 spiro atoms. The minimum Gasteiger partial charge on any atom is -0.407 e. The lowest BCUT2D eigenvalue weighted by Gasteiger charge is -2.09. The summed E-state index contributed by atoms with van der Waals surface area (Å²) in [7, 11) is 0. The molecule has 3 aromatic rings. The van der Waals surface area contributed by atoms with Crippen molar-refractivity contribution in [1.82, 2.24) is 9.55 Å². The van der Waals surface area contributed by atoms with Crippen molar-refractivity contribution in [2.45, 2.75) is 13.5 Å². The molecule has 0 radical (unpaired) electrons. The Labute approximate surface area is 128 Å². The molecule has 0 aliphatic heterocycles. The van der Waals surface area contributed by atoms with Gasteiger partial charge in [-0.3, -0.25) is 9.78 Å². The highest BCUT2D eigenvalue weighted by atomic mass is 35.5. The summed E-state index contributed by atoms with van der Waals surface area (Å²) in [6.45, 7) is 2.04. The molecule has 0 fully saturated rings. The summed E-state index contributed by atoms with van der Waals surface area (Å²) >= 11 is 12.0. The summed E-state index contributed by atoms with van der Waals surface area (Å²) in [6.07, 6.45) is 1.63. The van der Waals surface area contributed by atoms with Gasteiger partial charge >= 0.3 is 5.76 Å². The van der Waals surface area contributed by atoms with Gasteiger partial charge in [0.2, 0.25) is 0 Å². The van der Waals surface area contributed by atoms with Crippen LogP contribution in [0.2, 0.25) is 10.0 Å². The molecule has 3 rings (SSSR count). The van der Waals surface area contributed by atoms with Gasteiger partial charge in [-0.25, -0.2) is 4.79 Å². The Bertz CT molecular complexity index is 953. The minimum atomic E-state index is -0.646. The molecule has 0 saturated carbocycles. The van der Waals surface area contributed by atoms with E-state index in [0.29, 0.717) is 15.6 Å². The van der Waals surface area contributed by atoms with E-state index >= 15 is 0 Å². The van der Waals surface area contributed by atoms with E-state index in [4.69, 9.17) is 27.6 Å². The van der Waals surface area contributed by atoms with Gasteiger partial charge in [0.25, 0.3) is 5.56 Å². The van der Waals surface area contributed by atoms with E-state index in [9.17, 15) is 9.59 Å². The summed E-state index contributed by atoms with van der Waals surface area (Å²) in [5.74, 6) is -0.646. The fraction of sp³-hybridized carbons (Fsp3) is 0.143. The molecule has 5 nitrogen and oxygen atoms in total. The lowest BCUT2D eigenvalue weighted by atomic mass is 10.2. The van der Waals surface area contributed by atoms with Crippen LogP contribution in [0.5, 0.6) is 0 Å². The van der Waals surface area contributed by atoms with E-state index in [1.54, 1.807) is 31.3 Å². The van der Waals surface area contributed by atoms with Gasteiger partial charge in [-0.1, -0.05) is 29.3 Å². The number of nitrogens with zero attached hydrogens (tertiary/aromatic N) is 1. The summed E-state index contributed by atoms with van der Waals surface area (Å²) in [5.41, 5.74) is 1.54. The Morgan fingerprint density at radius 1 is 1.29 bits per heavy atom. The van der Waals surface area contributed by atoms with Gasteiger partial charge < -0.3 is 8.98 Å². The Kier molecular flexibility index (Phi) is 3.39. The molecule has 0 aliphatic carbocycles. The number of pyridine rings is 1. The zero-order valence-corrected chi connectivity index (χ0v) is 12.5. The van der Waals surface area contributed by atoms with Crippen molar-refractivity contribution >= 4 is 34.3 Å².